The number of fused-ring (bicyclic) bond motifs is 1. The maximum Gasteiger partial charge on any atom is 0.229 e. The van der Waals surface area contributed by atoms with Gasteiger partial charge in [-0.3, -0.25) is 0 Å². The molecule has 9 nitrogen and oxygen atoms in total. The molecule has 0 bridgehead atoms. The molecule has 1 aromatic carbocycles. The third-order valence-corrected chi connectivity index (χ3v) is 6.65. The van der Waals surface area contributed by atoms with Crippen molar-refractivity contribution in [3.05, 3.63) is 54.1 Å². The van der Waals surface area contributed by atoms with E-state index < -0.39 is 25.1 Å². The quantitative estimate of drug-likeness (QED) is 0.471. The van der Waals surface area contributed by atoms with Gasteiger partial charge in [0, 0.05) is 40.1 Å². The number of pyridine rings is 1. The lowest BCUT2D eigenvalue weighted by molar-refractivity contribution is 0.193. The number of aromatic nitrogens is 2. The summed E-state index contributed by atoms with van der Waals surface area (Å²) in [5.41, 5.74) is 3.69. The SMILES string of the molecule is COc1ccc(F)cc1-c1ccnc2[nH]c(C3=CCN(S(C)(=O)=O)C(CO)C3)cc12.CS(=O)(=O)Cl. The van der Waals surface area contributed by atoms with Gasteiger partial charge in [0.05, 0.1) is 32.3 Å². The van der Waals surface area contributed by atoms with Gasteiger partial charge in [-0.25, -0.2) is 26.2 Å². The minimum absolute atomic E-state index is 0.187. The van der Waals surface area contributed by atoms with Crippen LogP contribution in [0.4, 0.5) is 4.39 Å². The van der Waals surface area contributed by atoms with Crippen molar-refractivity contribution in [3.8, 4) is 16.9 Å². The lowest BCUT2D eigenvalue weighted by Gasteiger charge is -2.31. The highest BCUT2D eigenvalue weighted by Crippen LogP contribution is 2.37. The molecule has 0 aliphatic carbocycles. The molecule has 2 N–H and O–H groups in total. The molecule has 2 aromatic heterocycles. The van der Waals surface area contributed by atoms with Crippen LogP contribution in [0.1, 0.15) is 12.1 Å². The summed E-state index contributed by atoms with van der Waals surface area (Å²) < 4.78 is 63.3. The van der Waals surface area contributed by atoms with Crippen LogP contribution in [0.2, 0.25) is 0 Å². The Labute approximate surface area is 207 Å². The van der Waals surface area contributed by atoms with Gasteiger partial charge >= 0.3 is 0 Å². The number of aliphatic hydroxyl groups is 1. The second-order valence-electron chi connectivity index (χ2n) is 7.93. The second-order valence-corrected chi connectivity index (χ2v) is 12.9. The fourth-order valence-electron chi connectivity index (χ4n) is 3.90. The number of hydrogen-bond donors (Lipinski definition) is 2. The standard InChI is InChI=1S/C21H22FN3O4S.CH3ClO2S/c1-29-20-4-3-14(22)10-17(20)16-5-7-23-21-18(16)11-19(24-21)13-6-8-25(30(2,27)28)15(9-13)12-26;1-5(2,3)4/h3-7,10-11,15,26H,8-9,12H2,1-2H3,(H,23,24);1H3. The molecular formula is C22H25ClFN3O6S2. The number of ether oxygens (including phenoxy) is 1. The first-order chi connectivity index (χ1) is 16.3. The van der Waals surface area contributed by atoms with Crippen LogP contribution in [0.5, 0.6) is 5.75 Å². The molecule has 1 atom stereocenters. The van der Waals surface area contributed by atoms with Gasteiger partial charge in [0.2, 0.25) is 19.1 Å². The van der Waals surface area contributed by atoms with E-state index in [9.17, 15) is 26.3 Å². The van der Waals surface area contributed by atoms with Gasteiger partial charge < -0.3 is 14.8 Å². The predicted molar refractivity (Wildman–Crippen MR) is 134 cm³/mol. The zero-order chi connectivity index (χ0) is 26.0. The van der Waals surface area contributed by atoms with Crippen molar-refractivity contribution in [1.82, 2.24) is 14.3 Å². The predicted octanol–water partition coefficient (Wildman–Crippen LogP) is 2.97. The highest BCUT2D eigenvalue weighted by molar-refractivity contribution is 8.13. The van der Waals surface area contributed by atoms with Crippen LogP contribution in [-0.2, 0) is 19.1 Å². The van der Waals surface area contributed by atoms with Gasteiger partial charge in [-0.1, -0.05) is 6.08 Å². The summed E-state index contributed by atoms with van der Waals surface area (Å²) in [5, 5.41) is 10.5. The van der Waals surface area contributed by atoms with E-state index in [1.807, 2.05) is 12.1 Å². The Balaban J connectivity index is 0.000000623. The van der Waals surface area contributed by atoms with E-state index in [1.165, 1.54) is 23.5 Å². The molecular weight excluding hydrogens is 521 g/mol. The maximum absolute atomic E-state index is 13.9. The van der Waals surface area contributed by atoms with Gasteiger partial charge in [-0.05, 0) is 47.9 Å². The fraction of sp³-hybridized carbons (Fsp3) is 0.318. The van der Waals surface area contributed by atoms with Crippen LogP contribution in [0.3, 0.4) is 0 Å². The highest BCUT2D eigenvalue weighted by Gasteiger charge is 2.30. The molecule has 35 heavy (non-hydrogen) atoms. The summed E-state index contributed by atoms with van der Waals surface area (Å²) in [6.07, 6.45) is 5.91. The van der Waals surface area contributed by atoms with Crippen molar-refractivity contribution in [2.24, 2.45) is 0 Å². The lowest BCUT2D eigenvalue weighted by Crippen LogP contribution is -2.44. The van der Waals surface area contributed by atoms with Crippen molar-refractivity contribution in [2.45, 2.75) is 12.5 Å². The molecule has 0 fully saturated rings. The Hall–Kier alpha value is -2.51. The van der Waals surface area contributed by atoms with Crippen molar-refractivity contribution in [3.63, 3.8) is 0 Å². The summed E-state index contributed by atoms with van der Waals surface area (Å²) in [6.45, 7) is -0.0820. The number of aliphatic hydroxyl groups excluding tert-OH is 1. The number of nitrogens with zero attached hydrogens (tertiary/aromatic N) is 2. The van der Waals surface area contributed by atoms with Crippen molar-refractivity contribution in [2.75, 3.05) is 32.8 Å². The van der Waals surface area contributed by atoms with Crippen LogP contribution < -0.4 is 4.74 Å². The van der Waals surface area contributed by atoms with E-state index in [1.54, 1.807) is 18.3 Å². The summed E-state index contributed by atoms with van der Waals surface area (Å²) in [4.78, 5) is 7.64. The molecule has 190 valence electrons. The molecule has 0 spiro atoms. The summed E-state index contributed by atoms with van der Waals surface area (Å²) in [6, 6.07) is 7.54. The third-order valence-electron chi connectivity index (χ3n) is 5.35. The molecule has 0 saturated carbocycles. The first kappa shape index (κ1) is 27.1. The monoisotopic (exact) mass is 545 g/mol. The molecule has 13 heteroatoms. The van der Waals surface area contributed by atoms with Crippen LogP contribution in [0.15, 0.2) is 42.6 Å². The van der Waals surface area contributed by atoms with Gasteiger partial charge in [-0.15, -0.1) is 0 Å². The number of sulfonamides is 1. The lowest BCUT2D eigenvalue weighted by atomic mass is 9.98. The van der Waals surface area contributed by atoms with Crippen molar-refractivity contribution < 1.29 is 31.1 Å². The van der Waals surface area contributed by atoms with E-state index >= 15 is 0 Å². The molecule has 1 aliphatic heterocycles. The smallest absolute Gasteiger partial charge is 0.229 e. The minimum atomic E-state index is -3.42. The molecule has 1 unspecified atom stereocenters. The fourth-order valence-corrected chi connectivity index (χ4v) is 4.92. The number of hydrogen-bond acceptors (Lipinski definition) is 7. The Morgan fingerprint density at radius 3 is 2.49 bits per heavy atom. The zero-order valence-corrected chi connectivity index (χ0v) is 21.6. The highest BCUT2D eigenvalue weighted by atomic mass is 35.7. The van der Waals surface area contributed by atoms with Gasteiger partial charge in [0.1, 0.15) is 17.2 Å². The third kappa shape index (κ3) is 6.79. The van der Waals surface area contributed by atoms with Crippen molar-refractivity contribution in [1.29, 1.82) is 0 Å². The molecule has 3 heterocycles. The number of benzene rings is 1. The largest absolute Gasteiger partial charge is 0.496 e. The van der Waals surface area contributed by atoms with E-state index in [2.05, 4.69) is 20.7 Å². The Bertz CT molecular complexity index is 1460. The van der Waals surface area contributed by atoms with E-state index in [0.717, 1.165) is 34.7 Å². The van der Waals surface area contributed by atoms with Crippen LogP contribution in [-0.4, -0.2) is 75.0 Å². The normalized spacial score (nSPS) is 17.0. The number of rotatable bonds is 5. The topological polar surface area (TPSA) is 130 Å². The van der Waals surface area contributed by atoms with Crippen molar-refractivity contribution >= 4 is 46.4 Å². The van der Waals surface area contributed by atoms with Crippen LogP contribution in [0.25, 0.3) is 27.7 Å². The van der Waals surface area contributed by atoms with Crippen LogP contribution in [0, 0.1) is 5.82 Å². The molecule has 0 saturated heterocycles. The molecule has 4 rings (SSSR count). The first-order valence-corrected chi connectivity index (χ1v) is 14.9. The zero-order valence-electron chi connectivity index (χ0n) is 19.2. The number of methoxy groups -OCH3 is 1. The molecule has 1 aliphatic rings. The van der Waals surface area contributed by atoms with Gasteiger partial charge in [-0.2, -0.15) is 4.31 Å². The minimum Gasteiger partial charge on any atom is -0.496 e. The Kier molecular flexibility index (Phi) is 8.22. The number of aromatic amines is 1. The number of nitrogens with one attached hydrogen (secondary N) is 1. The molecule has 0 radical (unpaired) electrons. The maximum atomic E-state index is 13.9. The summed E-state index contributed by atoms with van der Waals surface area (Å²) >= 11 is 0. The van der Waals surface area contributed by atoms with E-state index in [-0.39, 0.29) is 19.0 Å². The van der Waals surface area contributed by atoms with E-state index in [0.29, 0.717) is 23.4 Å². The Morgan fingerprint density at radius 2 is 1.89 bits per heavy atom. The van der Waals surface area contributed by atoms with Gasteiger partial charge in [0.15, 0.2) is 0 Å². The van der Waals surface area contributed by atoms with Crippen LogP contribution >= 0.6 is 10.7 Å². The average Bonchev–Trinajstić information content (AvgIpc) is 3.21. The average molecular weight is 546 g/mol. The summed E-state index contributed by atoms with van der Waals surface area (Å²) in [5.74, 6) is 0.181. The second kappa shape index (κ2) is 10.6. The number of halogens is 2. The molecule has 0 amide bonds. The van der Waals surface area contributed by atoms with Gasteiger partial charge in [0.25, 0.3) is 0 Å². The summed E-state index contributed by atoms with van der Waals surface area (Å²) in [7, 11) is -0.572. The number of H-pyrrole nitrogens is 1. The Morgan fingerprint density at radius 1 is 1.20 bits per heavy atom. The first-order valence-electron chi connectivity index (χ1n) is 10.3. The molecule has 3 aromatic rings. The van der Waals surface area contributed by atoms with E-state index in [4.69, 9.17) is 4.74 Å².